The number of ether oxygens (including phenoxy) is 2. The molecule has 0 aromatic heterocycles. The molecule has 6 nitrogen and oxygen atoms in total. The van der Waals surface area contributed by atoms with Crippen molar-refractivity contribution < 1.29 is 22.7 Å². The number of hydrogen-bond acceptors (Lipinski definition) is 5. The molecule has 0 amide bonds. The lowest BCUT2D eigenvalue weighted by molar-refractivity contribution is 0.0600. The predicted molar refractivity (Wildman–Crippen MR) is 89.3 cm³/mol. The Balaban J connectivity index is 2.41. The Kier molecular flexibility index (Phi) is 5.27. The predicted octanol–water partition coefficient (Wildman–Crippen LogP) is 3.05. The number of anilines is 1. The summed E-state index contributed by atoms with van der Waals surface area (Å²) < 4.78 is 37.8. The van der Waals surface area contributed by atoms with Crippen LogP contribution >= 0.6 is 15.9 Å². The monoisotopic (exact) mass is 399 g/mol. The van der Waals surface area contributed by atoms with Crippen LogP contribution in [0.4, 0.5) is 5.69 Å². The summed E-state index contributed by atoms with van der Waals surface area (Å²) in [6.45, 7) is 0. The minimum absolute atomic E-state index is 0.0891. The lowest BCUT2D eigenvalue weighted by Gasteiger charge is -2.13. The Labute approximate surface area is 142 Å². The third kappa shape index (κ3) is 4.02. The molecule has 0 unspecified atom stereocenters. The molecule has 23 heavy (non-hydrogen) atoms. The number of halogens is 1. The summed E-state index contributed by atoms with van der Waals surface area (Å²) in [5, 5.41) is 0. The quantitative estimate of drug-likeness (QED) is 0.781. The average molecular weight is 400 g/mol. The zero-order chi connectivity index (χ0) is 17.0. The minimum Gasteiger partial charge on any atom is -0.495 e. The number of rotatable bonds is 5. The van der Waals surface area contributed by atoms with E-state index >= 15 is 0 Å². The van der Waals surface area contributed by atoms with Gasteiger partial charge in [-0.25, -0.2) is 13.2 Å². The lowest BCUT2D eigenvalue weighted by Crippen LogP contribution is -2.14. The highest BCUT2D eigenvalue weighted by molar-refractivity contribution is 9.10. The first-order valence-electron chi connectivity index (χ1n) is 6.42. The maximum absolute atomic E-state index is 12.4. The Morgan fingerprint density at radius 2 is 1.74 bits per heavy atom. The highest BCUT2D eigenvalue weighted by atomic mass is 79.9. The number of carbonyl (C=O) groups excluding carboxylic acids is 1. The normalized spacial score (nSPS) is 10.9. The maximum Gasteiger partial charge on any atom is 0.337 e. The molecule has 0 spiro atoms. The average Bonchev–Trinajstić information content (AvgIpc) is 2.54. The van der Waals surface area contributed by atoms with Gasteiger partial charge in [-0.2, -0.15) is 0 Å². The van der Waals surface area contributed by atoms with E-state index in [-0.39, 0.29) is 16.1 Å². The molecule has 2 rings (SSSR count). The van der Waals surface area contributed by atoms with Gasteiger partial charge in [0.1, 0.15) is 5.75 Å². The van der Waals surface area contributed by atoms with E-state index in [9.17, 15) is 13.2 Å². The van der Waals surface area contributed by atoms with Gasteiger partial charge in [0.15, 0.2) is 0 Å². The zero-order valence-electron chi connectivity index (χ0n) is 12.4. The molecule has 0 radical (unpaired) electrons. The molecular weight excluding hydrogens is 386 g/mol. The van der Waals surface area contributed by atoms with E-state index in [1.807, 2.05) is 0 Å². The summed E-state index contributed by atoms with van der Waals surface area (Å²) in [6.07, 6.45) is 0. The molecule has 1 N–H and O–H groups in total. The number of benzene rings is 2. The van der Waals surface area contributed by atoms with Gasteiger partial charge in [-0.15, -0.1) is 0 Å². The first-order valence-corrected chi connectivity index (χ1v) is 8.69. The van der Waals surface area contributed by atoms with Crippen molar-refractivity contribution in [2.45, 2.75) is 4.90 Å². The van der Waals surface area contributed by atoms with Crippen molar-refractivity contribution in [1.29, 1.82) is 0 Å². The van der Waals surface area contributed by atoms with Crippen LogP contribution in [0.2, 0.25) is 0 Å². The van der Waals surface area contributed by atoms with Gasteiger partial charge in [0.05, 0.1) is 30.4 Å². The van der Waals surface area contributed by atoms with Crippen LogP contribution in [0.15, 0.2) is 51.8 Å². The van der Waals surface area contributed by atoms with Gasteiger partial charge in [0.25, 0.3) is 10.0 Å². The van der Waals surface area contributed by atoms with Crippen LogP contribution in [-0.2, 0) is 14.8 Å². The molecule has 122 valence electrons. The highest BCUT2D eigenvalue weighted by Gasteiger charge is 2.18. The Bertz CT molecular complexity index is 818. The second kappa shape index (κ2) is 7.01. The number of esters is 1. The van der Waals surface area contributed by atoms with Gasteiger partial charge in [-0.3, -0.25) is 4.72 Å². The standard InChI is InChI=1S/C15H14BrNO5S/c1-21-14-8-3-10(15(18)22-2)9-13(14)17-23(19,20)12-6-4-11(16)5-7-12/h3-9,17H,1-2H3. The molecule has 0 aliphatic heterocycles. The van der Waals surface area contributed by atoms with Gasteiger partial charge >= 0.3 is 5.97 Å². The third-order valence-electron chi connectivity index (χ3n) is 2.99. The fourth-order valence-corrected chi connectivity index (χ4v) is 3.18. The van der Waals surface area contributed by atoms with Gasteiger partial charge in [0, 0.05) is 4.47 Å². The molecule has 0 fully saturated rings. The summed E-state index contributed by atoms with van der Waals surface area (Å²) >= 11 is 3.25. The van der Waals surface area contributed by atoms with E-state index < -0.39 is 16.0 Å². The number of hydrogen-bond donors (Lipinski definition) is 1. The van der Waals surface area contributed by atoms with Crippen molar-refractivity contribution in [3.8, 4) is 5.75 Å². The molecule has 0 heterocycles. The summed E-state index contributed by atoms with van der Waals surface area (Å²) in [6, 6.07) is 10.5. The third-order valence-corrected chi connectivity index (χ3v) is 4.90. The number of nitrogens with one attached hydrogen (secondary N) is 1. The van der Waals surface area contributed by atoms with Crippen LogP contribution in [0.3, 0.4) is 0 Å². The van der Waals surface area contributed by atoms with Crippen LogP contribution in [0, 0.1) is 0 Å². The first-order chi connectivity index (χ1) is 10.9. The molecule has 0 aliphatic carbocycles. The molecule has 8 heteroatoms. The van der Waals surface area contributed by atoms with E-state index in [0.29, 0.717) is 5.75 Å². The molecule has 0 saturated carbocycles. The van der Waals surface area contributed by atoms with Crippen molar-refractivity contribution in [3.63, 3.8) is 0 Å². The Hall–Kier alpha value is -2.06. The van der Waals surface area contributed by atoms with Gasteiger partial charge < -0.3 is 9.47 Å². The zero-order valence-corrected chi connectivity index (χ0v) is 14.8. The largest absolute Gasteiger partial charge is 0.495 e. The van der Waals surface area contributed by atoms with Gasteiger partial charge in [-0.1, -0.05) is 15.9 Å². The second-order valence-corrected chi connectivity index (χ2v) is 7.06. The van der Waals surface area contributed by atoms with Crippen LogP contribution in [-0.4, -0.2) is 28.6 Å². The van der Waals surface area contributed by atoms with Gasteiger partial charge in [0.2, 0.25) is 0 Å². The summed E-state index contributed by atoms with van der Waals surface area (Å²) in [5.41, 5.74) is 0.361. The molecule has 2 aromatic carbocycles. The fourth-order valence-electron chi connectivity index (χ4n) is 1.85. The molecule has 0 atom stereocenters. The summed E-state index contributed by atoms with van der Waals surface area (Å²) in [7, 11) is -1.16. The Morgan fingerprint density at radius 3 is 2.30 bits per heavy atom. The van der Waals surface area contributed by atoms with Crippen molar-refractivity contribution in [2.24, 2.45) is 0 Å². The first kappa shape index (κ1) is 17.3. The van der Waals surface area contributed by atoms with E-state index in [2.05, 4.69) is 25.4 Å². The molecule has 0 aliphatic rings. The van der Waals surface area contributed by atoms with Crippen molar-refractivity contribution >= 4 is 37.6 Å². The van der Waals surface area contributed by atoms with E-state index in [1.54, 1.807) is 12.1 Å². The van der Waals surface area contributed by atoms with Gasteiger partial charge in [-0.05, 0) is 42.5 Å². The molecule has 0 saturated heterocycles. The molecular formula is C15H14BrNO5S. The summed E-state index contributed by atoms with van der Waals surface area (Å²) in [5.74, 6) is -0.282. The minimum atomic E-state index is -3.81. The van der Waals surface area contributed by atoms with Crippen molar-refractivity contribution in [2.75, 3.05) is 18.9 Å². The SMILES string of the molecule is COC(=O)c1ccc(OC)c(NS(=O)(=O)c2ccc(Br)cc2)c1. The lowest BCUT2D eigenvalue weighted by atomic mass is 10.2. The number of sulfonamides is 1. The van der Waals surface area contributed by atoms with Crippen molar-refractivity contribution in [1.82, 2.24) is 0 Å². The summed E-state index contributed by atoms with van der Waals surface area (Å²) in [4.78, 5) is 11.7. The second-order valence-electron chi connectivity index (χ2n) is 4.47. The number of methoxy groups -OCH3 is 2. The van der Waals surface area contributed by atoms with Crippen LogP contribution < -0.4 is 9.46 Å². The molecule has 2 aromatic rings. The smallest absolute Gasteiger partial charge is 0.337 e. The van der Waals surface area contributed by atoms with E-state index in [0.717, 1.165) is 4.47 Å². The Morgan fingerprint density at radius 1 is 1.09 bits per heavy atom. The van der Waals surface area contributed by atoms with E-state index in [1.165, 1.54) is 44.6 Å². The maximum atomic E-state index is 12.4. The number of carbonyl (C=O) groups is 1. The molecule has 0 bridgehead atoms. The topological polar surface area (TPSA) is 81.7 Å². The fraction of sp³-hybridized carbons (Fsp3) is 0.133. The van der Waals surface area contributed by atoms with Crippen molar-refractivity contribution in [3.05, 3.63) is 52.5 Å². The van der Waals surface area contributed by atoms with Crippen LogP contribution in [0.5, 0.6) is 5.75 Å². The van der Waals surface area contributed by atoms with Crippen LogP contribution in [0.25, 0.3) is 0 Å². The highest BCUT2D eigenvalue weighted by Crippen LogP contribution is 2.28. The van der Waals surface area contributed by atoms with E-state index in [4.69, 9.17) is 4.74 Å². The van der Waals surface area contributed by atoms with Crippen LogP contribution in [0.1, 0.15) is 10.4 Å².